The molecule has 0 saturated carbocycles. The van der Waals surface area contributed by atoms with Crippen molar-refractivity contribution >= 4 is 23.8 Å². The van der Waals surface area contributed by atoms with E-state index in [1.807, 2.05) is 5.32 Å². The maximum Gasteiger partial charge on any atom is 0.380 e. The SMILES string of the molecule is CCC1(CC)C(=O)OC(NC(N)=O)OC(=O)C1=O. The van der Waals surface area contributed by atoms with Crippen molar-refractivity contribution in [2.75, 3.05) is 0 Å². The largest absolute Gasteiger partial charge is 0.405 e. The Balaban J connectivity index is 3.07. The molecule has 0 radical (unpaired) electrons. The molecule has 0 bridgehead atoms. The molecule has 2 amide bonds. The Morgan fingerprint density at radius 2 is 1.83 bits per heavy atom. The number of nitrogens with one attached hydrogen (secondary N) is 1. The molecule has 1 unspecified atom stereocenters. The number of esters is 2. The molecule has 0 aromatic carbocycles. The van der Waals surface area contributed by atoms with Crippen molar-refractivity contribution in [3.8, 4) is 0 Å². The number of urea groups is 1. The predicted molar refractivity (Wildman–Crippen MR) is 56.7 cm³/mol. The first-order valence-corrected chi connectivity index (χ1v) is 5.39. The zero-order valence-electron chi connectivity index (χ0n) is 10.0. The first-order chi connectivity index (χ1) is 8.37. The number of hydrogen-bond donors (Lipinski definition) is 2. The fourth-order valence-electron chi connectivity index (χ4n) is 1.71. The van der Waals surface area contributed by atoms with Gasteiger partial charge in [0.15, 0.2) is 0 Å². The van der Waals surface area contributed by atoms with Gasteiger partial charge in [-0.15, -0.1) is 0 Å². The second-order valence-corrected chi connectivity index (χ2v) is 3.77. The van der Waals surface area contributed by atoms with E-state index in [-0.39, 0.29) is 12.8 Å². The van der Waals surface area contributed by atoms with E-state index in [1.165, 1.54) is 0 Å². The van der Waals surface area contributed by atoms with E-state index >= 15 is 0 Å². The molecular weight excluding hydrogens is 244 g/mol. The average Bonchev–Trinajstić information content (AvgIpc) is 2.36. The van der Waals surface area contributed by atoms with Gasteiger partial charge in [-0.1, -0.05) is 13.8 Å². The van der Waals surface area contributed by atoms with Crippen LogP contribution in [-0.2, 0) is 23.9 Å². The molecule has 1 atom stereocenters. The lowest BCUT2D eigenvalue weighted by atomic mass is 9.78. The number of cyclic esters (lactones) is 2. The van der Waals surface area contributed by atoms with Crippen molar-refractivity contribution in [2.24, 2.45) is 11.1 Å². The predicted octanol–water partition coefficient (Wildman–Crippen LogP) is -0.586. The van der Waals surface area contributed by atoms with E-state index in [9.17, 15) is 19.2 Å². The Kier molecular flexibility index (Phi) is 3.89. The third-order valence-corrected chi connectivity index (χ3v) is 2.91. The van der Waals surface area contributed by atoms with E-state index in [0.29, 0.717) is 0 Å². The van der Waals surface area contributed by atoms with Gasteiger partial charge in [0, 0.05) is 0 Å². The summed E-state index contributed by atoms with van der Waals surface area (Å²) in [4.78, 5) is 45.8. The molecule has 1 saturated heterocycles. The van der Waals surface area contributed by atoms with Crippen molar-refractivity contribution in [2.45, 2.75) is 33.1 Å². The molecule has 18 heavy (non-hydrogen) atoms. The van der Waals surface area contributed by atoms with Crippen LogP contribution in [0.1, 0.15) is 26.7 Å². The van der Waals surface area contributed by atoms with Gasteiger partial charge in [0.25, 0.3) is 5.78 Å². The molecule has 3 N–H and O–H groups in total. The van der Waals surface area contributed by atoms with Crippen molar-refractivity contribution < 1.29 is 28.7 Å². The highest BCUT2D eigenvalue weighted by molar-refractivity contribution is 6.40. The number of carbonyl (C=O) groups is 4. The van der Waals surface area contributed by atoms with E-state index in [1.54, 1.807) is 13.8 Å². The molecule has 0 aromatic rings. The maximum absolute atomic E-state index is 11.9. The molecular formula is C10H14N2O6. The quantitative estimate of drug-likeness (QED) is 0.396. The topological polar surface area (TPSA) is 125 Å². The van der Waals surface area contributed by atoms with Crippen LogP contribution >= 0.6 is 0 Å². The Morgan fingerprint density at radius 3 is 2.28 bits per heavy atom. The first-order valence-electron chi connectivity index (χ1n) is 5.39. The smallest absolute Gasteiger partial charge is 0.380 e. The molecule has 1 aliphatic heterocycles. The number of hydrogen-bond acceptors (Lipinski definition) is 6. The summed E-state index contributed by atoms with van der Waals surface area (Å²) in [5.74, 6) is -3.13. The van der Waals surface area contributed by atoms with Crippen molar-refractivity contribution in [3.05, 3.63) is 0 Å². The normalized spacial score (nSPS) is 22.8. The van der Waals surface area contributed by atoms with Crippen LogP contribution in [0.15, 0.2) is 0 Å². The minimum absolute atomic E-state index is 0.0968. The Hall–Kier alpha value is -2.12. The summed E-state index contributed by atoms with van der Waals surface area (Å²) >= 11 is 0. The highest BCUT2D eigenvalue weighted by Crippen LogP contribution is 2.32. The molecule has 1 rings (SSSR count). The summed E-state index contributed by atoms with van der Waals surface area (Å²) < 4.78 is 9.27. The van der Waals surface area contributed by atoms with Gasteiger partial charge in [0.05, 0.1) is 0 Å². The number of rotatable bonds is 3. The van der Waals surface area contributed by atoms with Gasteiger partial charge in [-0.3, -0.25) is 14.9 Å². The Morgan fingerprint density at radius 1 is 1.28 bits per heavy atom. The van der Waals surface area contributed by atoms with Crippen LogP contribution in [0, 0.1) is 5.41 Å². The molecule has 0 aliphatic carbocycles. The van der Waals surface area contributed by atoms with Crippen molar-refractivity contribution in [1.82, 2.24) is 5.32 Å². The van der Waals surface area contributed by atoms with E-state index in [0.717, 1.165) is 0 Å². The van der Waals surface area contributed by atoms with Crippen molar-refractivity contribution in [3.63, 3.8) is 0 Å². The summed E-state index contributed by atoms with van der Waals surface area (Å²) in [5.41, 5.74) is 3.25. The van der Waals surface area contributed by atoms with Gasteiger partial charge in [0.1, 0.15) is 5.41 Å². The Labute approximate surface area is 103 Å². The highest BCUT2D eigenvalue weighted by atomic mass is 16.7. The monoisotopic (exact) mass is 258 g/mol. The zero-order valence-corrected chi connectivity index (χ0v) is 10.0. The van der Waals surface area contributed by atoms with Crippen LogP contribution in [0.5, 0.6) is 0 Å². The molecule has 100 valence electrons. The Bertz CT molecular complexity index is 401. The van der Waals surface area contributed by atoms with Gasteiger partial charge in [-0.2, -0.15) is 0 Å². The summed E-state index contributed by atoms with van der Waals surface area (Å²) in [5, 5.41) is 1.89. The second kappa shape index (κ2) is 5.03. The second-order valence-electron chi connectivity index (χ2n) is 3.77. The van der Waals surface area contributed by atoms with Crippen molar-refractivity contribution in [1.29, 1.82) is 0 Å². The lowest BCUT2D eigenvalue weighted by Gasteiger charge is -2.23. The standard InChI is InChI=1S/C10H14N2O6/c1-3-10(4-2)5(13)6(14)17-9(12-8(11)16)18-7(10)15/h9H,3-4H2,1-2H3,(H3,11,12,16). The molecule has 8 heteroatoms. The fraction of sp³-hybridized carbons (Fsp3) is 0.600. The summed E-state index contributed by atoms with van der Waals surface area (Å²) in [6.45, 7) is 3.16. The zero-order chi connectivity index (χ0) is 13.9. The van der Waals surface area contributed by atoms with Gasteiger partial charge in [-0.25, -0.2) is 9.59 Å². The number of ether oxygens (including phenoxy) is 2. The molecule has 1 fully saturated rings. The van der Waals surface area contributed by atoms with Gasteiger partial charge >= 0.3 is 24.4 Å². The third-order valence-electron chi connectivity index (χ3n) is 2.91. The highest BCUT2D eigenvalue weighted by Gasteiger charge is 2.52. The van der Waals surface area contributed by atoms with Gasteiger partial charge < -0.3 is 15.2 Å². The molecule has 0 aromatic heterocycles. The number of ketones is 1. The fourth-order valence-corrected chi connectivity index (χ4v) is 1.71. The van der Waals surface area contributed by atoms with Crippen LogP contribution in [0.25, 0.3) is 0 Å². The molecule has 8 nitrogen and oxygen atoms in total. The summed E-state index contributed by atoms with van der Waals surface area (Å²) in [7, 11) is 0. The lowest BCUT2D eigenvalue weighted by Crippen LogP contribution is -2.44. The van der Waals surface area contributed by atoms with Crippen LogP contribution < -0.4 is 11.1 Å². The van der Waals surface area contributed by atoms with E-state index in [2.05, 4.69) is 4.74 Å². The summed E-state index contributed by atoms with van der Waals surface area (Å²) in [6.07, 6.45) is -1.48. The number of carbonyl (C=O) groups excluding carboxylic acids is 4. The number of primary amides is 1. The molecule has 1 heterocycles. The van der Waals surface area contributed by atoms with Crippen LogP contribution in [0.4, 0.5) is 4.79 Å². The lowest BCUT2D eigenvalue weighted by molar-refractivity contribution is -0.187. The molecule has 1 aliphatic rings. The maximum atomic E-state index is 11.9. The average molecular weight is 258 g/mol. The van der Waals surface area contributed by atoms with Crippen LogP contribution in [-0.4, -0.2) is 30.2 Å². The molecule has 0 spiro atoms. The summed E-state index contributed by atoms with van der Waals surface area (Å²) in [6, 6.07) is -1.05. The third kappa shape index (κ3) is 2.27. The van der Waals surface area contributed by atoms with E-state index in [4.69, 9.17) is 10.5 Å². The number of Topliss-reactive ketones (excluding diaryl/α,β-unsaturated/α-hetero) is 1. The number of amides is 2. The van der Waals surface area contributed by atoms with Crippen LogP contribution in [0.3, 0.4) is 0 Å². The minimum atomic E-state index is -1.67. The number of nitrogens with two attached hydrogens (primary N) is 1. The van der Waals surface area contributed by atoms with E-state index < -0.39 is 35.6 Å². The first kappa shape index (κ1) is 13.9. The minimum Gasteiger partial charge on any atom is -0.405 e. The van der Waals surface area contributed by atoms with Gasteiger partial charge in [-0.05, 0) is 12.8 Å². The van der Waals surface area contributed by atoms with Crippen LogP contribution in [0.2, 0.25) is 0 Å². The van der Waals surface area contributed by atoms with Gasteiger partial charge in [0.2, 0.25) is 0 Å².